The maximum atomic E-state index is 11.5. The first-order valence-electron chi connectivity index (χ1n) is 7.55. The van der Waals surface area contributed by atoms with Gasteiger partial charge in [0, 0.05) is 30.5 Å². The summed E-state index contributed by atoms with van der Waals surface area (Å²) in [6.07, 6.45) is 3.84. The van der Waals surface area contributed by atoms with Gasteiger partial charge in [0.1, 0.15) is 5.75 Å². The second kappa shape index (κ2) is 6.27. The zero-order chi connectivity index (χ0) is 13.8. The Morgan fingerprint density at radius 1 is 1.30 bits per heavy atom. The number of amides is 1. The first-order valence-corrected chi connectivity index (χ1v) is 7.55. The van der Waals surface area contributed by atoms with E-state index in [4.69, 9.17) is 4.74 Å². The SMILES string of the molecule is O=C(CCCNCC1COc2ccccc21)NC1CC1. The van der Waals surface area contributed by atoms with Crippen LogP contribution in [0.1, 0.15) is 37.2 Å². The quantitative estimate of drug-likeness (QED) is 0.746. The largest absolute Gasteiger partial charge is 0.493 e. The van der Waals surface area contributed by atoms with Gasteiger partial charge in [0.15, 0.2) is 0 Å². The highest BCUT2D eigenvalue weighted by Gasteiger charge is 2.23. The van der Waals surface area contributed by atoms with Gasteiger partial charge in [0.25, 0.3) is 0 Å². The first-order chi connectivity index (χ1) is 9.83. The third-order valence-corrected chi connectivity index (χ3v) is 3.89. The molecule has 0 saturated heterocycles. The molecule has 1 aromatic rings. The van der Waals surface area contributed by atoms with Crippen LogP contribution in [0.25, 0.3) is 0 Å². The van der Waals surface area contributed by atoms with Crippen LogP contribution in [-0.2, 0) is 4.79 Å². The normalized spacial score (nSPS) is 20.3. The number of benzene rings is 1. The number of carbonyl (C=O) groups is 1. The topological polar surface area (TPSA) is 50.4 Å². The third-order valence-electron chi connectivity index (χ3n) is 3.89. The van der Waals surface area contributed by atoms with Crippen LogP contribution in [0.5, 0.6) is 5.75 Å². The molecule has 3 rings (SSSR count). The molecule has 1 aliphatic carbocycles. The van der Waals surface area contributed by atoms with E-state index >= 15 is 0 Å². The van der Waals surface area contributed by atoms with E-state index in [9.17, 15) is 4.79 Å². The second-order valence-corrected chi connectivity index (χ2v) is 5.70. The first kappa shape index (κ1) is 13.4. The predicted octanol–water partition coefficient (Wildman–Crippen LogP) is 1.81. The third kappa shape index (κ3) is 3.51. The molecule has 1 heterocycles. The fraction of sp³-hybridized carbons (Fsp3) is 0.562. The van der Waals surface area contributed by atoms with Crippen LogP contribution in [0.4, 0.5) is 0 Å². The van der Waals surface area contributed by atoms with Crippen molar-refractivity contribution in [3.05, 3.63) is 29.8 Å². The summed E-state index contributed by atoms with van der Waals surface area (Å²) in [5.74, 6) is 1.65. The monoisotopic (exact) mass is 274 g/mol. The summed E-state index contributed by atoms with van der Waals surface area (Å²) < 4.78 is 5.65. The van der Waals surface area contributed by atoms with Crippen LogP contribution in [-0.4, -0.2) is 31.6 Å². The molecule has 1 unspecified atom stereocenters. The summed E-state index contributed by atoms with van der Waals surface area (Å²) in [4.78, 5) is 11.5. The van der Waals surface area contributed by atoms with Crippen LogP contribution >= 0.6 is 0 Å². The second-order valence-electron chi connectivity index (χ2n) is 5.70. The van der Waals surface area contributed by atoms with Gasteiger partial charge in [-0.15, -0.1) is 0 Å². The smallest absolute Gasteiger partial charge is 0.220 e. The van der Waals surface area contributed by atoms with Gasteiger partial charge in [-0.1, -0.05) is 18.2 Å². The van der Waals surface area contributed by atoms with Gasteiger partial charge in [0.05, 0.1) is 6.61 Å². The molecule has 1 aromatic carbocycles. The Bertz CT molecular complexity index is 471. The number of rotatable bonds is 7. The molecule has 1 fully saturated rings. The van der Waals surface area contributed by atoms with Crippen molar-refractivity contribution in [2.75, 3.05) is 19.7 Å². The van der Waals surface area contributed by atoms with Crippen molar-refractivity contribution in [3.8, 4) is 5.75 Å². The highest BCUT2D eigenvalue weighted by molar-refractivity contribution is 5.76. The lowest BCUT2D eigenvalue weighted by molar-refractivity contribution is -0.121. The Morgan fingerprint density at radius 2 is 2.15 bits per heavy atom. The van der Waals surface area contributed by atoms with E-state index in [1.807, 2.05) is 12.1 Å². The summed E-state index contributed by atoms with van der Waals surface area (Å²) in [5.41, 5.74) is 1.30. The summed E-state index contributed by atoms with van der Waals surface area (Å²) in [6.45, 7) is 2.56. The van der Waals surface area contributed by atoms with E-state index in [0.717, 1.165) is 44.7 Å². The average Bonchev–Trinajstić information content (AvgIpc) is 3.17. The molecule has 0 bridgehead atoms. The Kier molecular flexibility index (Phi) is 4.21. The summed E-state index contributed by atoms with van der Waals surface area (Å²) in [7, 11) is 0. The van der Waals surface area contributed by atoms with Crippen LogP contribution in [0.2, 0.25) is 0 Å². The highest BCUT2D eigenvalue weighted by atomic mass is 16.5. The number of hydrogen-bond acceptors (Lipinski definition) is 3. The Hall–Kier alpha value is -1.55. The molecule has 1 atom stereocenters. The van der Waals surface area contributed by atoms with Gasteiger partial charge in [-0.2, -0.15) is 0 Å². The Labute approximate surface area is 119 Å². The predicted molar refractivity (Wildman–Crippen MR) is 77.9 cm³/mol. The van der Waals surface area contributed by atoms with Crippen LogP contribution < -0.4 is 15.4 Å². The standard InChI is InChI=1S/C16H22N2O2/c19-16(18-13-7-8-13)6-3-9-17-10-12-11-20-15-5-2-1-4-14(12)15/h1-2,4-5,12-13,17H,3,6-11H2,(H,18,19). The molecule has 1 saturated carbocycles. The van der Waals surface area contributed by atoms with Crippen LogP contribution in [0.15, 0.2) is 24.3 Å². The number of nitrogens with one attached hydrogen (secondary N) is 2. The van der Waals surface area contributed by atoms with E-state index in [-0.39, 0.29) is 5.91 Å². The summed E-state index contributed by atoms with van der Waals surface area (Å²) in [5, 5.41) is 6.44. The molecule has 2 N–H and O–H groups in total. The maximum Gasteiger partial charge on any atom is 0.220 e. The van der Waals surface area contributed by atoms with Crippen molar-refractivity contribution >= 4 is 5.91 Å². The fourth-order valence-corrected chi connectivity index (χ4v) is 2.58. The lowest BCUT2D eigenvalue weighted by Gasteiger charge is -2.10. The number of ether oxygens (including phenoxy) is 1. The van der Waals surface area contributed by atoms with Gasteiger partial charge in [0.2, 0.25) is 5.91 Å². The van der Waals surface area contributed by atoms with E-state index in [0.29, 0.717) is 18.4 Å². The molecule has 4 heteroatoms. The number of para-hydroxylation sites is 1. The van der Waals surface area contributed by atoms with E-state index in [1.54, 1.807) is 0 Å². The van der Waals surface area contributed by atoms with Gasteiger partial charge in [-0.3, -0.25) is 4.79 Å². The molecular weight excluding hydrogens is 252 g/mol. The van der Waals surface area contributed by atoms with Gasteiger partial charge in [-0.05, 0) is 31.9 Å². The van der Waals surface area contributed by atoms with E-state index < -0.39 is 0 Å². The average molecular weight is 274 g/mol. The molecule has 20 heavy (non-hydrogen) atoms. The van der Waals surface area contributed by atoms with Crippen molar-refractivity contribution in [2.24, 2.45) is 0 Å². The molecule has 0 aromatic heterocycles. The van der Waals surface area contributed by atoms with Gasteiger partial charge in [-0.25, -0.2) is 0 Å². The molecule has 1 aliphatic heterocycles. The Balaban J connectivity index is 1.31. The minimum absolute atomic E-state index is 0.198. The molecule has 0 spiro atoms. The molecule has 1 amide bonds. The fourth-order valence-electron chi connectivity index (χ4n) is 2.58. The van der Waals surface area contributed by atoms with Crippen LogP contribution in [0.3, 0.4) is 0 Å². The highest BCUT2D eigenvalue weighted by Crippen LogP contribution is 2.32. The number of fused-ring (bicyclic) bond motifs is 1. The van der Waals surface area contributed by atoms with Gasteiger partial charge >= 0.3 is 0 Å². The van der Waals surface area contributed by atoms with Crippen molar-refractivity contribution in [3.63, 3.8) is 0 Å². The molecular formula is C16H22N2O2. The van der Waals surface area contributed by atoms with Crippen molar-refractivity contribution in [1.29, 1.82) is 0 Å². The minimum Gasteiger partial charge on any atom is -0.493 e. The Morgan fingerprint density at radius 3 is 3.00 bits per heavy atom. The lowest BCUT2D eigenvalue weighted by Crippen LogP contribution is -2.27. The zero-order valence-corrected chi connectivity index (χ0v) is 11.7. The lowest BCUT2D eigenvalue weighted by atomic mass is 10.0. The van der Waals surface area contributed by atoms with E-state index in [2.05, 4.69) is 22.8 Å². The maximum absolute atomic E-state index is 11.5. The van der Waals surface area contributed by atoms with Crippen molar-refractivity contribution in [1.82, 2.24) is 10.6 Å². The van der Waals surface area contributed by atoms with Crippen molar-refractivity contribution < 1.29 is 9.53 Å². The number of carbonyl (C=O) groups excluding carboxylic acids is 1. The summed E-state index contributed by atoms with van der Waals surface area (Å²) in [6, 6.07) is 8.70. The molecule has 2 aliphatic rings. The number of hydrogen-bond donors (Lipinski definition) is 2. The molecule has 0 radical (unpaired) electrons. The summed E-state index contributed by atoms with van der Waals surface area (Å²) >= 11 is 0. The molecule has 4 nitrogen and oxygen atoms in total. The van der Waals surface area contributed by atoms with Gasteiger partial charge < -0.3 is 15.4 Å². The van der Waals surface area contributed by atoms with Crippen LogP contribution in [0, 0.1) is 0 Å². The minimum atomic E-state index is 0.198. The zero-order valence-electron chi connectivity index (χ0n) is 11.7. The molecule has 108 valence electrons. The van der Waals surface area contributed by atoms with E-state index in [1.165, 1.54) is 5.56 Å². The van der Waals surface area contributed by atoms with Crippen molar-refractivity contribution in [2.45, 2.75) is 37.6 Å².